The topological polar surface area (TPSA) is 56.8 Å². The number of urea groups is 1. The molecule has 3 aliphatic rings. The summed E-state index contributed by atoms with van der Waals surface area (Å²) in [6.45, 7) is 4.54. The van der Waals surface area contributed by atoms with Gasteiger partial charge in [0, 0.05) is 51.7 Å². The van der Waals surface area contributed by atoms with Crippen molar-refractivity contribution >= 4 is 11.9 Å². The first-order chi connectivity index (χ1) is 12.2. The Morgan fingerprint density at radius 3 is 2.48 bits per heavy atom. The van der Waals surface area contributed by atoms with Crippen LogP contribution in [0.3, 0.4) is 0 Å². The quantitative estimate of drug-likeness (QED) is 0.827. The lowest BCUT2D eigenvalue weighted by atomic mass is 9.78. The minimum atomic E-state index is -0.360. The van der Waals surface area contributed by atoms with Crippen molar-refractivity contribution in [3.63, 3.8) is 0 Å². The van der Waals surface area contributed by atoms with E-state index in [1.807, 2.05) is 26.8 Å². The molecule has 0 saturated carbocycles. The Morgan fingerprint density at radius 2 is 1.72 bits per heavy atom. The van der Waals surface area contributed by atoms with Gasteiger partial charge in [0.05, 0.1) is 5.41 Å². The normalized spacial score (nSPS) is 26.7. The summed E-state index contributed by atoms with van der Waals surface area (Å²) in [6, 6.07) is 4.06. The fourth-order valence-corrected chi connectivity index (χ4v) is 4.53. The number of carbonyl (C=O) groups is 2. The lowest BCUT2D eigenvalue weighted by Gasteiger charge is -2.40. The van der Waals surface area contributed by atoms with E-state index in [1.165, 1.54) is 0 Å². The van der Waals surface area contributed by atoms with Gasteiger partial charge in [0.1, 0.15) is 0 Å². The van der Waals surface area contributed by atoms with Crippen molar-refractivity contribution in [1.29, 1.82) is 0 Å². The smallest absolute Gasteiger partial charge is 0.320 e. The van der Waals surface area contributed by atoms with E-state index in [1.54, 1.807) is 12.4 Å². The summed E-state index contributed by atoms with van der Waals surface area (Å²) < 4.78 is 0. The minimum absolute atomic E-state index is 0.136. The molecule has 1 atom stereocenters. The third-order valence-corrected chi connectivity index (χ3v) is 5.95. The van der Waals surface area contributed by atoms with Crippen LogP contribution in [-0.4, -0.2) is 64.3 Å². The Morgan fingerprint density at radius 1 is 1.00 bits per heavy atom. The molecule has 0 aromatic carbocycles. The zero-order valence-corrected chi connectivity index (χ0v) is 14.7. The van der Waals surface area contributed by atoms with Crippen molar-refractivity contribution in [1.82, 2.24) is 19.7 Å². The highest BCUT2D eigenvalue weighted by atomic mass is 16.2. The number of pyridine rings is 1. The van der Waals surface area contributed by atoms with Crippen LogP contribution in [0.1, 0.15) is 37.7 Å². The molecule has 1 aromatic heterocycles. The fourth-order valence-electron chi connectivity index (χ4n) is 4.53. The van der Waals surface area contributed by atoms with E-state index in [4.69, 9.17) is 0 Å². The molecule has 25 heavy (non-hydrogen) atoms. The monoisotopic (exact) mass is 342 g/mol. The van der Waals surface area contributed by atoms with Crippen molar-refractivity contribution < 1.29 is 9.59 Å². The van der Waals surface area contributed by atoms with Gasteiger partial charge in [-0.15, -0.1) is 0 Å². The highest BCUT2D eigenvalue weighted by Crippen LogP contribution is 2.41. The second-order valence-electron chi connectivity index (χ2n) is 7.61. The summed E-state index contributed by atoms with van der Waals surface area (Å²) in [5, 5.41) is 0. The highest BCUT2D eigenvalue weighted by Gasteiger charge is 2.49. The van der Waals surface area contributed by atoms with Gasteiger partial charge in [-0.1, -0.05) is 0 Å². The number of carbonyl (C=O) groups excluding carboxylic acids is 2. The van der Waals surface area contributed by atoms with Gasteiger partial charge in [-0.2, -0.15) is 0 Å². The SMILES string of the molecule is O=C(N1CCCC1)N1CCC[C@@]2(CCN(Cc3ccncc3)C2=O)C1. The zero-order chi connectivity index (χ0) is 17.3. The molecule has 0 radical (unpaired) electrons. The van der Waals surface area contributed by atoms with Crippen LogP contribution >= 0.6 is 0 Å². The van der Waals surface area contributed by atoms with Crippen LogP contribution in [0.4, 0.5) is 4.79 Å². The van der Waals surface area contributed by atoms with Crippen molar-refractivity contribution in [2.24, 2.45) is 5.41 Å². The second kappa shape index (κ2) is 6.65. The molecule has 0 aliphatic carbocycles. The lowest BCUT2D eigenvalue weighted by Crippen LogP contribution is -2.52. The lowest BCUT2D eigenvalue weighted by molar-refractivity contribution is -0.138. The summed E-state index contributed by atoms with van der Waals surface area (Å²) in [7, 11) is 0. The van der Waals surface area contributed by atoms with Gasteiger partial charge in [0.2, 0.25) is 5.91 Å². The molecule has 0 bridgehead atoms. The van der Waals surface area contributed by atoms with Gasteiger partial charge in [0.15, 0.2) is 0 Å². The molecule has 4 heterocycles. The first-order valence-corrected chi connectivity index (χ1v) is 9.40. The molecule has 0 unspecified atom stereocenters. The first-order valence-electron chi connectivity index (χ1n) is 9.40. The van der Waals surface area contributed by atoms with E-state index in [0.717, 1.165) is 63.8 Å². The van der Waals surface area contributed by atoms with Gasteiger partial charge < -0.3 is 14.7 Å². The molecule has 6 nitrogen and oxygen atoms in total. The maximum Gasteiger partial charge on any atom is 0.320 e. The molecular weight excluding hydrogens is 316 g/mol. The average Bonchev–Trinajstić information content (AvgIpc) is 3.28. The number of rotatable bonds is 2. The van der Waals surface area contributed by atoms with E-state index < -0.39 is 0 Å². The van der Waals surface area contributed by atoms with Gasteiger partial charge in [-0.25, -0.2) is 4.79 Å². The predicted molar refractivity (Wildman–Crippen MR) is 93.7 cm³/mol. The third-order valence-electron chi connectivity index (χ3n) is 5.95. The second-order valence-corrected chi connectivity index (χ2v) is 7.61. The number of amides is 3. The van der Waals surface area contributed by atoms with Crippen LogP contribution in [0.25, 0.3) is 0 Å². The van der Waals surface area contributed by atoms with E-state index in [-0.39, 0.29) is 17.4 Å². The molecular formula is C19H26N4O2. The van der Waals surface area contributed by atoms with Crippen molar-refractivity contribution in [2.75, 3.05) is 32.7 Å². The van der Waals surface area contributed by atoms with Crippen LogP contribution in [0.15, 0.2) is 24.5 Å². The average molecular weight is 342 g/mol. The largest absolute Gasteiger partial charge is 0.338 e. The van der Waals surface area contributed by atoms with Crippen molar-refractivity contribution in [2.45, 2.75) is 38.6 Å². The van der Waals surface area contributed by atoms with Gasteiger partial charge in [-0.05, 0) is 49.8 Å². The van der Waals surface area contributed by atoms with Crippen LogP contribution in [0.2, 0.25) is 0 Å². The number of aromatic nitrogens is 1. The standard InChI is InChI=1S/C19H26N4O2/c24-17-19(7-13-22(17)14-16-4-8-20-9-5-16)6-3-12-23(15-19)18(25)21-10-1-2-11-21/h4-5,8-9H,1-3,6-7,10-15H2/t19-/m1/s1. The molecule has 6 heteroatoms. The molecule has 0 N–H and O–H groups in total. The van der Waals surface area contributed by atoms with Crippen LogP contribution in [0.5, 0.6) is 0 Å². The molecule has 3 saturated heterocycles. The van der Waals surface area contributed by atoms with Crippen LogP contribution in [0, 0.1) is 5.41 Å². The molecule has 134 valence electrons. The van der Waals surface area contributed by atoms with E-state index in [2.05, 4.69) is 4.98 Å². The summed E-state index contributed by atoms with van der Waals surface area (Å²) in [5.74, 6) is 0.225. The molecule has 3 aliphatic heterocycles. The Hall–Kier alpha value is -2.11. The number of hydrogen-bond donors (Lipinski definition) is 0. The summed E-state index contributed by atoms with van der Waals surface area (Å²) in [5.41, 5.74) is 0.752. The van der Waals surface area contributed by atoms with E-state index >= 15 is 0 Å². The van der Waals surface area contributed by atoms with Crippen LogP contribution in [-0.2, 0) is 11.3 Å². The zero-order valence-electron chi connectivity index (χ0n) is 14.7. The van der Waals surface area contributed by atoms with Crippen molar-refractivity contribution in [3.8, 4) is 0 Å². The molecule has 1 spiro atoms. The number of hydrogen-bond acceptors (Lipinski definition) is 3. The van der Waals surface area contributed by atoms with Crippen molar-refractivity contribution in [3.05, 3.63) is 30.1 Å². The Bertz CT molecular complexity index is 644. The van der Waals surface area contributed by atoms with Gasteiger partial charge in [0.25, 0.3) is 0 Å². The third kappa shape index (κ3) is 3.10. The molecule has 3 fully saturated rings. The molecule has 1 aromatic rings. The minimum Gasteiger partial charge on any atom is -0.338 e. The maximum absolute atomic E-state index is 13.1. The Labute approximate surface area is 148 Å². The van der Waals surface area contributed by atoms with Gasteiger partial charge in [-0.3, -0.25) is 9.78 Å². The maximum atomic E-state index is 13.1. The Balaban J connectivity index is 1.44. The number of nitrogens with zero attached hydrogens (tertiary/aromatic N) is 4. The first kappa shape index (κ1) is 16.4. The van der Waals surface area contributed by atoms with Crippen LogP contribution < -0.4 is 0 Å². The summed E-state index contributed by atoms with van der Waals surface area (Å²) in [6.07, 6.45) is 8.43. The fraction of sp³-hybridized carbons (Fsp3) is 0.632. The predicted octanol–water partition coefficient (Wildman–Crippen LogP) is 2.11. The van der Waals surface area contributed by atoms with E-state index in [0.29, 0.717) is 13.1 Å². The summed E-state index contributed by atoms with van der Waals surface area (Å²) >= 11 is 0. The number of likely N-dealkylation sites (tertiary alicyclic amines) is 3. The number of piperidine rings is 1. The molecule has 4 rings (SSSR count). The Kier molecular flexibility index (Phi) is 4.36. The summed E-state index contributed by atoms with van der Waals surface area (Å²) in [4.78, 5) is 35.8. The highest BCUT2D eigenvalue weighted by molar-refractivity contribution is 5.86. The molecule has 3 amide bonds. The van der Waals surface area contributed by atoms with Gasteiger partial charge >= 0.3 is 6.03 Å². The van der Waals surface area contributed by atoms with E-state index in [9.17, 15) is 9.59 Å².